The first-order chi connectivity index (χ1) is 17.8. The van der Waals surface area contributed by atoms with Gasteiger partial charge in [0.2, 0.25) is 0 Å². The van der Waals surface area contributed by atoms with E-state index in [9.17, 15) is 0 Å². The van der Waals surface area contributed by atoms with Gasteiger partial charge in [-0.05, 0) is 59.7 Å². The molecule has 0 N–H and O–H groups in total. The van der Waals surface area contributed by atoms with E-state index in [-0.39, 0.29) is 0 Å². The zero-order valence-corrected chi connectivity index (χ0v) is 20.3. The molecule has 0 spiro atoms. The second kappa shape index (κ2) is 8.71. The van der Waals surface area contributed by atoms with Crippen molar-refractivity contribution in [2.24, 2.45) is 0 Å². The van der Waals surface area contributed by atoms with Crippen molar-refractivity contribution in [3.8, 4) is 22.4 Å². The molecule has 3 heteroatoms. The number of hydrogen-bond donors (Lipinski definition) is 0. The Kier molecular flexibility index (Phi) is 5.07. The van der Waals surface area contributed by atoms with Crippen LogP contribution in [0.25, 0.3) is 33.3 Å². The normalized spacial score (nSPS) is 12.3. The Morgan fingerprint density at radius 3 is 2.08 bits per heavy atom. The van der Waals surface area contributed by atoms with Crippen molar-refractivity contribution in [2.75, 3.05) is 4.90 Å². The van der Waals surface area contributed by atoms with Gasteiger partial charge in [-0.1, -0.05) is 96.7 Å². The Labute approximate surface area is 214 Å². The van der Waals surface area contributed by atoms with Crippen LogP contribution in [0.2, 0.25) is 0 Å². The molecule has 0 aliphatic carbocycles. The van der Waals surface area contributed by atoms with Crippen molar-refractivity contribution >= 4 is 39.7 Å². The van der Waals surface area contributed by atoms with Crippen molar-refractivity contribution in [1.82, 2.24) is 4.98 Å². The lowest BCUT2D eigenvalue weighted by atomic mass is 9.98. The molecule has 1 aliphatic rings. The second-order valence-corrected chi connectivity index (χ2v) is 9.95. The largest absolute Gasteiger partial charge is 0.308 e. The molecule has 2 heterocycles. The summed E-state index contributed by atoms with van der Waals surface area (Å²) < 4.78 is 0. The van der Waals surface area contributed by atoms with E-state index in [4.69, 9.17) is 4.98 Å². The Bertz CT molecular complexity index is 1710. The smallest absolute Gasteiger partial charge is 0.0716 e. The van der Waals surface area contributed by atoms with E-state index in [2.05, 4.69) is 138 Å². The second-order valence-electron chi connectivity index (χ2n) is 8.86. The molecule has 0 fully saturated rings. The summed E-state index contributed by atoms with van der Waals surface area (Å²) in [4.78, 5) is 9.96. The van der Waals surface area contributed by atoms with Crippen molar-refractivity contribution in [3.05, 3.63) is 133 Å². The molecule has 1 aliphatic heterocycles. The van der Waals surface area contributed by atoms with E-state index < -0.39 is 0 Å². The molecular weight excluding hydrogens is 456 g/mol. The Morgan fingerprint density at radius 2 is 1.22 bits per heavy atom. The van der Waals surface area contributed by atoms with Gasteiger partial charge in [0.15, 0.2) is 0 Å². The van der Waals surface area contributed by atoms with Crippen LogP contribution in [0.1, 0.15) is 0 Å². The maximum atomic E-state index is 5.10. The molecule has 0 amide bonds. The lowest BCUT2D eigenvalue weighted by Gasteiger charge is -2.33. The van der Waals surface area contributed by atoms with Crippen LogP contribution in [-0.4, -0.2) is 4.98 Å². The molecule has 36 heavy (non-hydrogen) atoms. The van der Waals surface area contributed by atoms with Crippen LogP contribution >= 0.6 is 11.8 Å². The summed E-state index contributed by atoms with van der Waals surface area (Å²) in [6.07, 6.45) is 0. The first kappa shape index (κ1) is 21.0. The van der Waals surface area contributed by atoms with Crippen molar-refractivity contribution in [3.63, 3.8) is 0 Å². The average molecular weight is 479 g/mol. The monoisotopic (exact) mass is 478 g/mol. The van der Waals surface area contributed by atoms with Crippen LogP contribution in [0.15, 0.2) is 143 Å². The topological polar surface area (TPSA) is 16.1 Å². The highest BCUT2D eigenvalue weighted by atomic mass is 32.2. The van der Waals surface area contributed by atoms with Crippen molar-refractivity contribution in [2.45, 2.75) is 9.79 Å². The van der Waals surface area contributed by atoms with Gasteiger partial charge < -0.3 is 4.90 Å². The maximum Gasteiger partial charge on any atom is 0.0716 e. The average Bonchev–Trinajstić information content (AvgIpc) is 2.96. The summed E-state index contributed by atoms with van der Waals surface area (Å²) in [7, 11) is 0. The number of aromatic nitrogens is 1. The zero-order valence-electron chi connectivity index (χ0n) is 19.5. The number of anilines is 3. The van der Waals surface area contributed by atoms with Gasteiger partial charge in [0.1, 0.15) is 0 Å². The summed E-state index contributed by atoms with van der Waals surface area (Å²) in [6, 6.07) is 47.2. The Hall–Kier alpha value is -4.34. The first-order valence-corrected chi connectivity index (χ1v) is 12.9. The first-order valence-electron chi connectivity index (χ1n) is 12.1. The number of nitrogens with zero attached hydrogens (tertiary/aromatic N) is 2. The fourth-order valence-electron chi connectivity index (χ4n) is 4.95. The third kappa shape index (κ3) is 3.57. The fourth-order valence-corrected chi connectivity index (χ4v) is 5.99. The van der Waals surface area contributed by atoms with Crippen LogP contribution in [0, 0.1) is 0 Å². The standard InChI is InChI=1S/C33H22N2S/c1-3-11-23(12-4-1)27-22-29(34-28-16-8-7-15-26(27)28)24-19-20-33-31(21-24)35(25-13-5-2-6-14-25)30-17-9-10-18-32(30)36-33/h1-22H. The van der Waals surface area contributed by atoms with Crippen LogP contribution < -0.4 is 4.90 Å². The van der Waals surface area contributed by atoms with Crippen molar-refractivity contribution in [1.29, 1.82) is 0 Å². The van der Waals surface area contributed by atoms with E-state index in [1.165, 1.54) is 37.7 Å². The third-order valence-corrected chi connectivity index (χ3v) is 7.77. The van der Waals surface area contributed by atoms with Crippen molar-refractivity contribution < 1.29 is 0 Å². The van der Waals surface area contributed by atoms with Gasteiger partial charge in [-0.2, -0.15) is 0 Å². The molecule has 0 radical (unpaired) electrons. The van der Waals surface area contributed by atoms with Gasteiger partial charge in [-0.15, -0.1) is 0 Å². The Morgan fingerprint density at radius 1 is 0.528 bits per heavy atom. The van der Waals surface area contributed by atoms with Crippen LogP contribution in [0.4, 0.5) is 17.1 Å². The number of pyridine rings is 1. The number of benzene rings is 5. The summed E-state index contributed by atoms with van der Waals surface area (Å²) in [5.41, 5.74) is 9.03. The van der Waals surface area contributed by atoms with E-state index in [1.807, 2.05) is 11.8 Å². The van der Waals surface area contributed by atoms with E-state index in [0.29, 0.717) is 0 Å². The lowest BCUT2D eigenvalue weighted by Crippen LogP contribution is -2.14. The van der Waals surface area contributed by atoms with Gasteiger partial charge in [-0.25, -0.2) is 4.98 Å². The molecule has 5 aromatic carbocycles. The number of hydrogen-bond acceptors (Lipinski definition) is 3. The minimum atomic E-state index is 0.979. The van der Waals surface area contributed by atoms with E-state index in [0.717, 1.165) is 22.5 Å². The summed E-state index contributed by atoms with van der Waals surface area (Å²) >= 11 is 1.83. The van der Waals surface area contributed by atoms with Crippen LogP contribution in [0.3, 0.4) is 0 Å². The summed E-state index contributed by atoms with van der Waals surface area (Å²) in [5.74, 6) is 0. The third-order valence-electron chi connectivity index (χ3n) is 6.64. The fraction of sp³-hybridized carbons (Fsp3) is 0. The predicted octanol–water partition coefficient (Wildman–Crippen LogP) is 9.50. The predicted molar refractivity (Wildman–Crippen MR) is 151 cm³/mol. The summed E-state index contributed by atoms with van der Waals surface area (Å²) in [6.45, 7) is 0. The molecule has 6 aromatic rings. The van der Waals surface area contributed by atoms with E-state index in [1.54, 1.807) is 0 Å². The highest BCUT2D eigenvalue weighted by Gasteiger charge is 2.25. The molecular formula is C33H22N2S. The van der Waals surface area contributed by atoms with Gasteiger partial charge in [0.25, 0.3) is 0 Å². The molecule has 0 saturated carbocycles. The quantitative estimate of drug-likeness (QED) is 0.251. The van der Waals surface area contributed by atoms with Gasteiger partial charge in [0.05, 0.1) is 22.6 Å². The number of para-hydroxylation sites is 3. The zero-order chi connectivity index (χ0) is 23.9. The van der Waals surface area contributed by atoms with E-state index >= 15 is 0 Å². The lowest BCUT2D eigenvalue weighted by molar-refractivity contribution is 1.16. The van der Waals surface area contributed by atoms with Gasteiger partial charge >= 0.3 is 0 Å². The number of fused-ring (bicyclic) bond motifs is 3. The minimum Gasteiger partial charge on any atom is -0.308 e. The van der Waals surface area contributed by atoms with Crippen LogP contribution in [0.5, 0.6) is 0 Å². The van der Waals surface area contributed by atoms with Gasteiger partial charge in [0, 0.05) is 26.4 Å². The summed E-state index contributed by atoms with van der Waals surface area (Å²) in [5, 5.41) is 1.17. The molecule has 0 unspecified atom stereocenters. The molecule has 170 valence electrons. The molecule has 0 saturated heterocycles. The SMILES string of the molecule is c1ccc(-c2cc(-c3ccc4c(c3)N(c3ccccc3)c3ccccc3S4)nc3ccccc23)cc1. The highest BCUT2D eigenvalue weighted by Crippen LogP contribution is 2.52. The molecule has 0 atom stereocenters. The molecule has 0 bridgehead atoms. The highest BCUT2D eigenvalue weighted by molar-refractivity contribution is 7.99. The van der Waals surface area contributed by atoms with Crippen LogP contribution in [-0.2, 0) is 0 Å². The van der Waals surface area contributed by atoms with Gasteiger partial charge in [-0.3, -0.25) is 0 Å². The molecule has 1 aromatic heterocycles. The Balaban J connectivity index is 1.43. The molecule has 7 rings (SSSR count). The molecule has 2 nitrogen and oxygen atoms in total. The maximum absolute atomic E-state index is 5.10. The number of rotatable bonds is 3. The minimum absolute atomic E-state index is 0.979.